The summed E-state index contributed by atoms with van der Waals surface area (Å²) in [7, 11) is -4.60. The van der Waals surface area contributed by atoms with Crippen LogP contribution in [0.3, 0.4) is 0 Å². The number of hydrogen-bond donors (Lipinski definition) is 2. The molecule has 0 heterocycles. The number of hydrogen-bond acceptors (Lipinski definition) is 5. The number of benzene rings is 1. The molecular formula is C10H6O6S. The van der Waals surface area contributed by atoms with Gasteiger partial charge in [-0.3, -0.25) is 14.1 Å². The third-order valence-corrected chi connectivity index (χ3v) is 3.17. The Morgan fingerprint density at radius 2 is 1.71 bits per heavy atom. The Morgan fingerprint density at radius 3 is 2.29 bits per heavy atom. The summed E-state index contributed by atoms with van der Waals surface area (Å²) in [6.45, 7) is 0. The maximum absolute atomic E-state index is 11.5. The zero-order valence-electron chi connectivity index (χ0n) is 8.25. The van der Waals surface area contributed by atoms with Gasteiger partial charge in [-0.2, -0.15) is 8.42 Å². The Balaban J connectivity index is 2.80. The van der Waals surface area contributed by atoms with E-state index in [1.54, 1.807) is 0 Å². The van der Waals surface area contributed by atoms with Crippen molar-refractivity contribution in [1.29, 1.82) is 0 Å². The van der Waals surface area contributed by atoms with E-state index in [9.17, 15) is 23.1 Å². The van der Waals surface area contributed by atoms with Gasteiger partial charge in [0.1, 0.15) is 10.7 Å². The fourth-order valence-electron chi connectivity index (χ4n) is 1.54. The van der Waals surface area contributed by atoms with Crippen LogP contribution in [0, 0.1) is 0 Å². The molecule has 0 fully saturated rings. The van der Waals surface area contributed by atoms with Gasteiger partial charge in [-0.1, -0.05) is 0 Å². The van der Waals surface area contributed by atoms with Crippen LogP contribution in [0.25, 0.3) is 4.91 Å². The number of carbonyl (C=O) groups is 2. The molecule has 0 spiro atoms. The van der Waals surface area contributed by atoms with E-state index in [0.29, 0.717) is 6.08 Å². The van der Waals surface area contributed by atoms with E-state index in [0.717, 1.165) is 18.2 Å². The maximum atomic E-state index is 11.5. The van der Waals surface area contributed by atoms with Crippen LogP contribution < -0.4 is 0 Å². The quantitative estimate of drug-likeness (QED) is 0.554. The summed E-state index contributed by atoms with van der Waals surface area (Å²) in [5.41, 5.74) is -0.347. The number of ketones is 2. The van der Waals surface area contributed by atoms with Gasteiger partial charge in [0.15, 0.2) is 0 Å². The molecule has 0 bridgehead atoms. The molecule has 0 atom stereocenters. The highest BCUT2D eigenvalue weighted by molar-refractivity contribution is 7.95. The molecular weight excluding hydrogens is 248 g/mol. The Bertz CT molecular complexity index is 668. The van der Waals surface area contributed by atoms with E-state index in [-0.39, 0.29) is 16.9 Å². The van der Waals surface area contributed by atoms with Crippen molar-refractivity contribution in [1.82, 2.24) is 0 Å². The predicted octanol–water partition coefficient (Wildman–Crippen LogP) is 0.386. The molecule has 1 aliphatic rings. The van der Waals surface area contributed by atoms with Gasteiger partial charge in [0.2, 0.25) is 11.6 Å². The molecule has 1 aromatic rings. The van der Waals surface area contributed by atoms with Crippen LogP contribution in [0.4, 0.5) is 0 Å². The smallest absolute Gasteiger partial charge is 0.295 e. The van der Waals surface area contributed by atoms with Crippen molar-refractivity contribution in [3.63, 3.8) is 0 Å². The second-order valence-corrected chi connectivity index (χ2v) is 4.80. The number of carbonyl (C=O) groups excluding carboxylic acids is 2. The molecule has 6 nitrogen and oxygen atoms in total. The highest BCUT2D eigenvalue weighted by atomic mass is 32.2. The highest BCUT2D eigenvalue weighted by Crippen LogP contribution is 2.30. The molecule has 17 heavy (non-hydrogen) atoms. The van der Waals surface area contributed by atoms with E-state index in [2.05, 4.69) is 0 Å². The third kappa shape index (κ3) is 1.85. The number of allylic oxidation sites excluding steroid dienone is 1. The molecule has 2 rings (SSSR count). The van der Waals surface area contributed by atoms with E-state index in [1.807, 2.05) is 0 Å². The lowest BCUT2D eigenvalue weighted by Gasteiger charge is -2.13. The summed E-state index contributed by atoms with van der Waals surface area (Å²) in [5, 5.41) is 9.19. The van der Waals surface area contributed by atoms with Crippen molar-refractivity contribution >= 4 is 26.6 Å². The molecule has 0 aromatic heterocycles. The second kappa shape index (κ2) is 3.51. The van der Waals surface area contributed by atoms with Crippen molar-refractivity contribution < 1.29 is 27.7 Å². The fourth-order valence-corrected chi connectivity index (χ4v) is 2.26. The first kappa shape index (κ1) is 11.5. The molecule has 0 saturated heterocycles. The number of Topliss-reactive ketones (excluding diaryl/α,β-unsaturated/α-hetero) is 1. The third-order valence-electron chi connectivity index (χ3n) is 2.28. The van der Waals surface area contributed by atoms with Crippen molar-refractivity contribution in [2.45, 2.75) is 0 Å². The predicted molar refractivity (Wildman–Crippen MR) is 57.0 cm³/mol. The molecule has 0 aliphatic heterocycles. The lowest BCUT2D eigenvalue weighted by Crippen LogP contribution is -2.21. The first-order valence-electron chi connectivity index (χ1n) is 4.42. The van der Waals surface area contributed by atoms with Gasteiger partial charge < -0.3 is 5.11 Å². The zero-order chi connectivity index (χ0) is 12.8. The highest BCUT2D eigenvalue weighted by Gasteiger charge is 2.31. The van der Waals surface area contributed by atoms with Gasteiger partial charge in [-0.05, 0) is 18.2 Å². The van der Waals surface area contributed by atoms with Gasteiger partial charge in [0, 0.05) is 17.2 Å². The van der Waals surface area contributed by atoms with Crippen LogP contribution in [0.2, 0.25) is 0 Å². The zero-order valence-corrected chi connectivity index (χ0v) is 9.06. The van der Waals surface area contributed by atoms with Crippen LogP contribution in [-0.2, 0) is 14.9 Å². The van der Waals surface area contributed by atoms with Crippen LogP contribution in [0.1, 0.15) is 15.9 Å². The van der Waals surface area contributed by atoms with Gasteiger partial charge in [0.25, 0.3) is 10.1 Å². The van der Waals surface area contributed by atoms with Crippen molar-refractivity contribution in [2.75, 3.05) is 0 Å². The summed E-state index contributed by atoms with van der Waals surface area (Å²) in [6.07, 6.45) is 0.567. The van der Waals surface area contributed by atoms with E-state index in [1.165, 1.54) is 0 Å². The minimum Gasteiger partial charge on any atom is -0.508 e. The molecule has 0 amide bonds. The van der Waals surface area contributed by atoms with E-state index >= 15 is 0 Å². The number of phenolic OH excluding ortho intramolecular Hbond substituents is 1. The van der Waals surface area contributed by atoms with Crippen molar-refractivity contribution in [3.8, 4) is 5.75 Å². The first-order valence-corrected chi connectivity index (χ1v) is 5.86. The standard InChI is InChI=1S/C10H6O6S/c11-5-1-2-6-7(3-5)10(13)8(12)4-9(6)17(14,15)16/h1-4,11H,(H,14,15,16). The van der Waals surface area contributed by atoms with E-state index in [4.69, 9.17) is 4.55 Å². The Kier molecular flexibility index (Phi) is 2.37. The van der Waals surface area contributed by atoms with Crippen LogP contribution in [0.15, 0.2) is 24.3 Å². The van der Waals surface area contributed by atoms with Gasteiger partial charge in [-0.15, -0.1) is 0 Å². The van der Waals surface area contributed by atoms with Crippen LogP contribution in [0.5, 0.6) is 5.75 Å². The number of fused-ring (bicyclic) bond motifs is 1. The monoisotopic (exact) mass is 254 g/mol. The summed E-state index contributed by atoms with van der Waals surface area (Å²) in [5.74, 6) is -2.26. The van der Waals surface area contributed by atoms with Crippen molar-refractivity contribution in [2.24, 2.45) is 0 Å². The van der Waals surface area contributed by atoms with Crippen LogP contribution in [-0.4, -0.2) is 29.6 Å². The normalized spacial score (nSPS) is 15.5. The molecule has 0 radical (unpaired) electrons. The SMILES string of the molecule is O=C1C=C(S(=O)(=O)O)c2ccc(O)cc2C1=O. The van der Waals surface area contributed by atoms with Gasteiger partial charge in [0.05, 0.1) is 0 Å². The van der Waals surface area contributed by atoms with Crippen molar-refractivity contribution in [3.05, 3.63) is 35.4 Å². The minimum absolute atomic E-state index is 0.102. The molecule has 1 aliphatic carbocycles. The van der Waals surface area contributed by atoms with E-state index < -0.39 is 26.6 Å². The summed E-state index contributed by atoms with van der Waals surface area (Å²) in [4.78, 5) is 22.1. The fraction of sp³-hybridized carbons (Fsp3) is 0. The molecule has 2 N–H and O–H groups in total. The van der Waals surface area contributed by atoms with Gasteiger partial charge >= 0.3 is 0 Å². The lowest BCUT2D eigenvalue weighted by atomic mass is 9.95. The summed E-state index contributed by atoms with van der Waals surface area (Å²) in [6, 6.07) is 3.28. The number of rotatable bonds is 1. The Labute approximate surface area is 95.9 Å². The summed E-state index contributed by atoms with van der Waals surface area (Å²) < 4.78 is 31.0. The molecule has 1 aromatic carbocycles. The average molecular weight is 254 g/mol. The summed E-state index contributed by atoms with van der Waals surface area (Å²) >= 11 is 0. The van der Waals surface area contributed by atoms with Crippen LogP contribution >= 0.6 is 0 Å². The van der Waals surface area contributed by atoms with Gasteiger partial charge in [-0.25, -0.2) is 0 Å². The molecule has 0 saturated carbocycles. The first-order chi connectivity index (χ1) is 7.80. The lowest BCUT2D eigenvalue weighted by molar-refractivity contribution is -0.110. The Morgan fingerprint density at radius 1 is 1.06 bits per heavy atom. The number of phenols is 1. The largest absolute Gasteiger partial charge is 0.508 e. The maximum Gasteiger partial charge on any atom is 0.295 e. The second-order valence-electron chi connectivity index (χ2n) is 3.41. The minimum atomic E-state index is -4.60. The number of aromatic hydroxyl groups is 1. The molecule has 88 valence electrons. The molecule has 7 heteroatoms. The average Bonchev–Trinajstić information content (AvgIpc) is 2.22. The Hall–Kier alpha value is -1.99. The topological polar surface area (TPSA) is 109 Å². The molecule has 0 unspecified atom stereocenters.